The first-order valence-electron chi connectivity index (χ1n) is 11.1. The van der Waals surface area contributed by atoms with Crippen LogP contribution in [-0.4, -0.2) is 50.5 Å². The van der Waals surface area contributed by atoms with Gasteiger partial charge in [0.2, 0.25) is 21.8 Å². The fraction of sp³-hybridized carbons (Fsp3) is 0.440. The molecule has 0 saturated heterocycles. The Hall–Kier alpha value is -2.94. The molecule has 2 rings (SSSR count). The lowest BCUT2D eigenvalue weighted by atomic mass is 9.87. The van der Waals surface area contributed by atoms with Gasteiger partial charge in [0.05, 0.1) is 11.9 Å². The van der Waals surface area contributed by atoms with Gasteiger partial charge < -0.3 is 10.2 Å². The number of carbonyl (C=O) groups excluding carboxylic acids is 2. The summed E-state index contributed by atoms with van der Waals surface area (Å²) in [7, 11) is -3.82. The standard InChI is InChI=1S/C25H34FN3O4S/c1-7-27-24(31)18(2)28(16-19-10-8-9-11-22(19)26)23(30)17-29(34(6,32)33)21-14-12-20(13-15-21)25(3,4)5/h8-15,18H,7,16-17H2,1-6H3,(H,27,31). The summed E-state index contributed by atoms with van der Waals surface area (Å²) in [5.74, 6) is -1.54. The van der Waals surface area contributed by atoms with E-state index in [1.54, 1.807) is 25.1 Å². The minimum atomic E-state index is -3.82. The Bertz CT molecular complexity index is 1110. The number of halogens is 1. The first kappa shape index (κ1) is 27.3. The summed E-state index contributed by atoms with van der Waals surface area (Å²) in [5, 5.41) is 2.66. The van der Waals surface area contributed by atoms with Gasteiger partial charge in [-0.3, -0.25) is 13.9 Å². The van der Waals surface area contributed by atoms with Crippen LogP contribution in [0.1, 0.15) is 45.7 Å². The lowest BCUT2D eigenvalue weighted by Crippen LogP contribution is -2.51. The molecule has 0 aromatic heterocycles. The van der Waals surface area contributed by atoms with Crippen LogP contribution in [0.4, 0.5) is 10.1 Å². The molecule has 9 heteroatoms. The Morgan fingerprint density at radius 3 is 2.15 bits per heavy atom. The quantitative estimate of drug-likeness (QED) is 0.582. The Morgan fingerprint density at radius 1 is 1.06 bits per heavy atom. The first-order valence-corrected chi connectivity index (χ1v) is 13.0. The molecule has 7 nitrogen and oxygen atoms in total. The van der Waals surface area contributed by atoms with Gasteiger partial charge in [-0.05, 0) is 43.0 Å². The highest BCUT2D eigenvalue weighted by Crippen LogP contribution is 2.26. The van der Waals surface area contributed by atoms with Crippen molar-refractivity contribution in [2.24, 2.45) is 0 Å². The van der Waals surface area contributed by atoms with Gasteiger partial charge in [-0.1, -0.05) is 51.1 Å². The second-order valence-corrected chi connectivity index (χ2v) is 11.2. The lowest BCUT2D eigenvalue weighted by molar-refractivity contribution is -0.139. The van der Waals surface area contributed by atoms with Crippen molar-refractivity contribution < 1.29 is 22.4 Å². The van der Waals surface area contributed by atoms with Gasteiger partial charge in [-0.15, -0.1) is 0 Å². The normalized spacial score (nSPS) is 12.7. The maximum absolute atomic E-state index is 14.3. The van der Waals surface area contributed by atoms with Gasteiger partial charge in [0.1, 0.15) is 18.4 Å². The van der Waals surface area contributed by atoms with Crippen LogP contribution < -0.4 is 9.62 Å². The fourth-order valence-electron chi connectivity index (χ4n) is 3.46. The molecule has 34 heavy (non-hydrogen) atoms. The van der Waals surface area contributed by atoms with E-state index in [0.29, 0.717) is 12.2 Å². The third-order valence-electron chi connectivity index (χ3n) is 5.52. The van der Waals surface area contributed by atoms with Gasteiger partial charge in [0, 0.05) is 18.7 Å². The summed E-state index contributed by atoms with van der Waals surface area (Å²) >= 11 is 0. The van der Waals surface area contributed by atoms with Crippen LogP contribution >= 0.6 is 0 Å². The minimum absolute atomic E-state index is 0.122. The molecule has 0 aliphatic carbocycles. The number of benzene rings is 2. The second kappa shape index (κ2) is 11.0. The van der Waals surface area contributed by atoms with Crippen molar-refractivity contribution in [3.8, 4) is 0 Å². The summed E-state index contributed by atoms with van der Waals surface area (Å²) < 4.78 is 40.5. The van der Waals surface area contributed by atoms with Crippen molar-refractivity contribution in [2.45, 2.75) is 52.6 Å². The zero-order valence-corrected chi connectivity index (χ0v) is 21.4. The molecule has 0 aliphatic rings. The van der Waals surface area contributed by atoms with Crippen molar-refractivity contribution >= 4 is 27.5 Å². The highest BCUT2D eigenvalue weighted by molar-refractivity contribution is 7.92. The number of sulfonamides is 1. The van der Waals surface area contributed by atoms with E-state index < -0.39 is 40.2 Å². The van der Waals surface area contributed by atoms with Gasteiger partial charge in [-0.25, -0.2) is 12.8 Å². The lowest BCUT2D eigenvalue weighted by Gasteiger charge is -2.31. The monoisotopic (exact) mass is 491 g/mol. The molecule has 0 radical (unpaired) electrons. The van der Waals surface area contributed by atoms with Gasteiger partial charge >= 0.3 is 0 Å². The third kappa shape index (κ3) is 7.03. The van der Waals surface area contributed by atoms with Crippen molar-refractivity contribution in [1.29, 1.82) is 0 Å². The van der Waals surface area contributed by atoms with Crippen LogP contribution in [0.2, 0.25) is 0 Å². The molecule has 0 heterocycles. The van der Waals surface area contributed by atoms with Crippen LogP contribution in [0.25, 0.3) is 0 Å². The van der Waals surface area contributed by atoms with Crippen molar-refractivity contribution in [3.63, 3.8) is 0 Å². The number of hydrogen-bond donors (Lipinski definition) is 1. The van der Waals surface area contributed by atoms with Crippen molar-refractivity contribution in [3.05, 3.63) is 65.5 Å². The van der Waals surface area contributed by atoms with Gasteiger partial charge in [-0.2, -0.15) is 0 Å². The summed E-state index contributed by atoms with van der Waals surface area (Å²) in [5.41, 5.74) is 1.46. The molecule has 2 amide bonds. The van der Waals surface area contributed by atoms with E-state index in [4.69, 9.17) is 0 Å². The third-order valence-corrected chi connectivity index (χ3v) is 6.66. The van der Waals surface area contributed by atoms with Crippen molar-refractivity contribution in [1.82, 2.24) is 10.2 Å². The zero-order valence-electron chi connectivity index (χ0n) is 20.6. The van der Waals surface area contributed by atoms with Crippen LogP contribution in [0.3, 0.4) is 0 Å². The van der Waals surface area contributed by atoms with E-state index in [0.717, 1.165) is 16.1 Å². The van der Waals surface area contributed by atoms with E-state index in [2.05, 4.69) is 5.32 Å². The highest BCUT2D eigenvalue weighted by Gasteiger charge is 2.30. The predicted octanol–water partition coefficient (Wildman–Crippen LogP) is 3.44. The van der Waals surface area contributed by atoms with Crippen LogP contribution in [0.5, 0.6) is 0 Å². The molecule has 2 aromatic rings. The van der Waals surface area contributed by atoms with Crippen molar-refractivity contribution in [2.75, 3.05) is 23.7 Å². The predicted molar refractivity (Wildman–Crippen MR) is 132 cm³/mol. The Morgan fingerprint density at radius 2 is 1.65 bits per heavy atom. The Kier molecular flexibility index (Phi) is 8.83. The average Bonchev–Trinajstić information content (AvgIpc) is 2.75. The van der Waals surface area contributed by atoms with E-state index in [9.17, 15) is 22.4 Å². The zero-order chi connectivity index (χ0) is 25.7. The molecule has 0 saturated carbocycles. The van der Waals surface area contributed by atoms with Crippen LogP contribution in [0.15, 0.2) is 48.5 Å². The molecule has 0 aliphatic heterocycles. The molecule has 0 bridgehead atoms. The summed E-state index contributed by atoms with van der Waals surface area (Å²) in [6, 6.07) is 12.0. The SMILES string of the molecule is CCNC(=O)C(C)N(Cc1ccccc1F)C(=O)CN(c1ccc(C(C)(C)C)cc1)S(C)(=O)=O. The van der Waals surface area contributed by atoms with E-state index in [1.165, 1.54) is 30.0 Å². The molecule has 2 aromatic carbocycles. The maximum Gasteiger partial charge on any atom is 0.244 e. The molecular formula is C25H34FN3O4S. The fourth-order valence-corrected chi connectivity index (χ4v) is 4.31. The number of likely N-dealkylation sites (N-methyl/N-ethyl adjacent to an activating group) is 1. The number of hydrogen-bond acceptors (Lipinski definition) is 4. The molecule has 1 N–H and O–H groups in total. The second-order valence-electron chi connectivity index (χ2n) is 9.25. The highest BCUT2D eigenvalue weighted by atomic mass is 32.2. The summed E-state index contributed by atoms with van der Waals surface area (Å²) in [6.07, 6.45) is 1.02. The molecular weight excluding hydrogens is 457 g/mol. The van der Waals surface area contributed by atoms with E-state index in [-0.39, 0.29) is 17.5 Å². The minimum Gasteiger partial charge on any atom is -0.355 e. The molecule has 186 valence electrons. The number of carbonyl (C=O) groups is 2. The van der Waals surface area contributed by atoms with Gasteiger partial charge in [0.25, 0.3) is 0 Å². The molecule has 1 atom stereocenters. The Balaban J connectivity index is 2.40. The Labute approximate surface area is 202 Å². The summed E-state index contributed by atoms with van der Waals surface area (Å²) in [6.45, 7) is 9.08. The van der Waals surface area contributed by atoms with Gasteiger partial charge in [0.15, 0.2) is 0 Å². The molecule has 1 unspecified atom stereocenters. The van der Waals surface area contributed by atoms with E-state index >= 15 is 0 Å². The number of amides is 2. The molecule has 0 spiro atoms. The molecule has 0 fully saturated rings. The number of nitrogens with zero attached hydrogens (tertiary/aromatic N) is 2. The summed E-state index contributed by atoms with van der Waals surface area (Å²) in [4.78, 5) is 27.1. The maximum atomic E-state index is 14.3. The smallest absolute Gasteiger partial charge is 0.244 e. The number of nitrogens with one attached hydrogen (secondary N) is 1. The largest absolute Gasteiger partial charge is 0.355 e. The number of rotatable bonds is 9. The average molecular weight is 492 g/mol. The topological polar surface area (TPSA) is 86.8 Å². The van der Waals surface area contributed by atoms with Crippen LogP contribution in [0, 0.1) is 5.82 Å². The first-order chi connectivity index (χ1) is 15.8. The van der Waals surface area contributed by atoms with Crippen LogP contribution in [-0.2, 0) is 31.6 Å². The van der Waals surface area contributed by atoms with E-state index in [1.807, 2.05) is 32.9 Å². The number of anilines is 1.